The van der Waals surface area contributed by atoms with Gasteiger partial charge in [0.15, 0.2) is 0 Å². The maximum atomic E-state index is 13.9. The summed E-state index contributed by atoms with van der Waals surface area (Å²) >= 11 is 0. The van der Waals surface area contributed by atoms with E-state index in [2.05, 4.69) is 16.3 Å². The number of alkyl halides is 3. The Morgan fingerprint density at radius 2 is 1.86 bits per heavy atom. The molecule has 198 valence electrons. The van der Waals surface area contributed by atoms with Crippen LogP contribution in [0.25, 0.3) is 0 Å². The van der Waals surface area contributed by atoms with Crippen molar-refractivity contribution in [2.24, 2.45) is 0 Å². The molecule has 37 heavy (non-hydrogen) atoms. The third-order valence-electron chi connectivity index (χ3n) is 7.35. The van der Waals surface area contributed by atoms with Gasteiger partial charge in [0.1, 0.15) is 5.82 Å². The van der Waals surface area contributed by atoms with Gasteiger partial charge < -0.3 is 20.2 Å². The van der Waals surface area contributed by atoms with Crippen LogP contribution in [-0.2, 0) is 11.8 Å². The van der Waals surface area contributed by atoms with Gasteiger partial charge in [-0.3, -0.25) is 0 Å². The Labute approximate surface area is 213 Å². The molecule has 0 bridgehead atoms. The number of nitrogens with one attached hydrogen (secondary N) is 1. The van der Waals surface area contributed by atoms with Gasteiger partial charge in [-0.25, -0.2) is 9.18 Å². The molecule has 10 heteroatoms. The lowest BCUT2D eigenvalue weighted by Gasteiger charge is -2.41. The number of aliphatic hydroxyl groups is 1. The molecule has 0 atom stereocenters. The molecule has 2 aromatic rings. The van der Waals surface area contributed by atoms with Crippen molar-refractivity contribution in [3.63, 3.8) is 0 Å². The number of halogens is 4. The predicted molar refractivity (Wildman–Crippen MR) is 130 cm³/mol. The van der Waals surface area contributed by atoms with Crippen molar-refractivity contribution in [2.75, 3.05) is 31.5 Å². The van der Waals surface area contributed by atoms with E-state index in [0.717, 1.165) is 38.1 Å². The lowest BCUT2D eigenvalue weighted by atomic mass is 9.77. The number of anilines is 1. The molecule has 1 aliphatic carbocycles. The second kappa shape index (κ2) is 11.1. The van der Waals surface area contributed by atoms with Crippen molar-refractivity contribution in [1.29, 1.82) is 5.26 Å². The maximum Gasteiger partial charge on any atom is 0.416 e. The lowest BCUT2D eigenvalue weighted by molar-refractivity contribution is -0.137. The summed E-state index contributed by atoms with van der Waals surface area (Å²) in [6, 6.07) is 10.0. The topological polar surface area (TPSA) is 79.6 Å². The van der Waals surface area contributed by atoms with Crippen LogP contribution < -0.4 is 5.32 Å². The molecule has 0 spiro atoms. The molecule has 1 heterocycles. The van der Waals surface area contributed by atoms with Crippen molar-refractivity contribution in [3.8, 4) is 6.07 Å². The Bertz CT molecular complexity index is 1150. The van der Waals surface area contributed by atoms with Gasteiger partial charge in [-0.2, -0.15) is 18.4 Å². The first kappa shape index (κ1) is 26.9. The largest absolute Gasteiger partial charge is 0.416 e. The molecule has 2 amide bonds. The van der Waals surface area contributed by atoms with Gasteiger partial charge in [-0.1, -0.05) is 12.1 Å². The zero-order valence-electron chi connectivity index (χ0n) is 20.4. The van der Waals surface area contributed by atoms with E-state index in [1.165, 1.54) is 0 Å². The van der Waals surface area contributed by atoms with Crippen LogP contribution in [0.3, 0.4) is 0 Å². The van der Waals surface area contributed by atoms with E-state index in [4.69, 9.17) is 0 Å². The van der Waals surface area contributed by atoms with E-state index in [1.807, 2.05) is 0 Å². The fourth-order valence-corrected chi connectivity index (χ4v) is 5.28. The van der Waals surface area contributed by atoms with Crippen molar-refractivity contribution in [1.82, 2.24) is 9.80 Å². The van der Waals surface area contributed by atoms with Crippen LogP contribution >= 0.6 is 0 Å². The molecule has 2 N–H and O–H groups in total. The molecule has 6 nitrogen and oxygen atoms in total. The first-order valence-corrected chi connectivity index (χ1v) is 12.5. The summed E-state index contributed by atoms with van der Waals surface area (Å²) in [4.78, 5) is 17.1. The quantitative estimate of drug-likeness (QED) is 0.497. The van der Waals surface area contributed by atoms with E-state index in [-0.39, 0.29) is 11.7 Å². The summed E-state index contributed by atoms with van der Waals surface area (Å²) in [5.41, 5.74) is -1.46. The molecule has 2 aliphatic rings. The second-order valence-corrected chi connectivity index (χ2v) is 9.85. The highest BCUT2D eigenvalue weighted by atomic mass is 19.4. The number of carbonyl (C=O) groups excluding carboxylic acids is 1. The number of benzene rings is 2. The molecule has 0 unspecified atom stereocenters. The summed E-state index contributed by atoms with van der Waals surface area (Å²) < 4.78 is 53.4. The van der Waals surface area contributed by atoms with Gasteiger partial charge in [0, 0.05) is 24.8 Å². The van der Waals surface area contributed by atoms with Crippen LogP contribution in [0.4, 0.5) is 28.0 Å². The Kier molecular flexibility index (Phi) is 8.05. The predicted octanol–water partition coefficient (Wildman–Crippen LogP) is 5.48. The van der Waals surface area contributed by atoms with Gasteiger partial charge in [0.2, 0.25) is 0 Å². The number of hydrogen-bond acceptors (Lipinski definition) is 4. The monoisotopic (exact) mass is 518 g/mol. The summed E-state index contributed by atoms with van der Waals surface area (Å²) in [7, 11) is 0. The fraction of sp³-hybridized carbons (Fsp3) is 0.481. The first-order valence-electron chi connectivity index (χ1n) is 12.5. The Morgan fingerprint density at radius 3 is 2.51 bits per heavy atom. The van der Waals surface area contributed by atoms with Gasteiger partial charge in [-0.15, -0.1) is 0 Å². The molecule has 0 aromatic heterocycles. The molecule has 1 aliphatic heterocycles. The van der Waals surface area contributed by atoms with Crippen LogP contribution in [0.2, 0.25) is 0 Å². The maximum absolute atomic E-state index is 13.9. The van der Waals surface area contributed by atoms with Gasteiger partial charge in [-0.05, 0) is 87.5 Å². The van der Waals surface area contributed by atoms with Crippen LogP contribution in [0.1, 0.15) is 55.2 Å². The molecular weight excluding hydrogens is 488 g/mol. The van der Waals surface area contributed by atoms with Crippen molar-refractivity contribution < 1.29 is 27.5 Å². The molecular formula is C27H30F4N4O2. The third-order valence-corrected chi connectivity index (χ3v) is 7.35. The van der Waals surface area contributed by atoms with E-state index in [9.17, 15) is 32.7 Å². The van der Waals surface area contributed by atoms with Crippen LogP contribution in [0.15, 0.2) is 42.5 Å². The fourth-order valence-electron chi connectivity index (χ4n) is 5.28. The minimum Gasteiger partial charge on any atom is -0.385 e. The Hall–Kier alpha value is -3.16. The Morgan fingerprint density at radius 1 is 1.16 bits per heavy atom. The van der Waals surface area contributed by atoms with E-state index in [1.54, 1.807) is 29.2 Å². The number of rotatable bonds is 6. The Balaban J connectivity index is 1.50. The van der Waals surface area contributed by atoms with Crippen molar-refractivity contribution >= 4 is 11.7 Å². The number of hydrogen-bond donors (Lipinski definition) is 2. The zero-order valence-corrected chi connectivity index (χ0v) is 20.4. The molecule has 1 saturated carbocycles. The van der Waals surface area contributed by atoms with Crippen molar-refractivity contribution in [2.45, 2.75) is 56.3 Å². The highest BCUT2D eigenvalue weighted by Gasteiger charge is 2.38. The SMILES string of the molecule is N#Cc1cccc([C@]2(O)CC[C@H](N(CCN3CCCC3)C(=O)Nc3cc(F)cc(C(F)(F)F)c3)CC2)c1. The molecule has 2 fully saturated rings. The number of likely N-dealkylation sites (tertiary alicyclic amines) is 1. The minimum absolute atomic E-state index is 0.252. The van der Waals surface area contributed by atoms with Crippen molar-refractivity contribution in [3.05, 3.63) is 65.0 Å². The van der Waals surface area contributed by atoms with Crippen LogP contribution in [-0.4, -0.2) is 53.2 Å². The summed E-state index contributed by atoms with van der Waals surface area (Å²) in [6.07, 6.45) is -0.929. The van der Waals surface area contributed by atoms with E-state index < -0.39 is 29.2 Å². The molecule has 1 saturated heterocycles. The summed E-state index contributed by atoms with van der Waals surface area (Å²) in [5.74, 6) is -1.09. The number of nitriles is 1. The normalized spacial score (nSPS) is 22.4. The zero-order chi connectivity index (χ0) is 26.6. The lowest BCUT2D eigenvalue weighted by Crippen LogP contribution is -2.49. The number of nitrogens with zero attached hydrogens (tertiary/aromatic N) is 3. The smallest absolute Gasteiger partial charge is 0.385 e. The van der Waals surface area contributed by atoms with Gasteiger partial charge in [0.05, 0.1) is 22.8 Å². The minimum atomic E-state index is -4.74. The average Bonchev–Trinajstić information content (AvgIpc) is 3.38. The van der Waals surface area contributed by atoms with Crippen LogP contribution in [0, 0.1) is 17.1 Å². The number of amides is 2. The number of urea groups is 1. The average molecular weight is 519 g/mol. The second-order valence-electron chi connectivity index (χ2n) is 9.85. The highest BCUT2D eigenvalue weighted by Crippen LogP contribution is 2.39. The third kappa shape index (κ3) is 6.59. The summed E-state index contributed by atoms with van der Waals surface area (Å²) in [6.45, 7) is 2.83. The highest BCUT2D eigenvalue weighted by molar-refractivity contribution is 5.89. The summed E-state index contributed by atoms with van der Waals surface area (Å²) in [5, 5.41) is 23.0. The van der Waals surface area contributed by atoms with Gasteiger partial charge >= 0.3 is 12.2 Å². The standard InChI is InChI=1S/C27H30F4N4O2/c28-22-15-21(27(29,30)31)16-23(17-22)33-25(36)35(13-12-34-10-1-2-11-34)24-6-8-26(37,9-7-24)20-5-3-4-19(14-20)18-32/h3-5,14-17,24,37H,1-2,6-13H2,(H,33,36)/t24-,26-. The van der Waals surface area contributed by atoms with Gasteiger partial charge in [0.25, 0.3) is 0 Å². The molecule has 0 radical (unpaired) electrons. The molecule has 4 rings (SSSR count). The van der Waals surface area contributed by atoms with Crippen LogP contribution in [0.5, 0.6) is 0 Å². The van der Waals surface area contributed by atoms with E-state index in [0.29, 0.717) is 56.0 Å². The number of carbonyl (C=O) groups is 1. The van der Waals surface area contributed by atoms with E-state index >= 15 is 0 Å². The molecule has 2 aromatic carbocycles. The first-order chi connectivity index (χ1) is 17.6.